The van der Waals surface area contributed by atoms with E-state index in [2.05, 4.69) is 22.5 Å². The number of rotatable bonds is 6. The first-order chi connectivity index (χ1) is 10.3. The van der Waals surface area contributed by atoms with Gasteiger partial charge in [-0.3, -0.25) is 15.1 Å². The first-order valence-electron chi connectivity index (χ1n) is 7.09. The second kappa shape index (κ2) is 7.57. The summed E-state index contributed by atoms with van der Waals surface area (Å²) in [6, 6.07) is 19.4. The summed E-state index contributed by atoms with van der Waals surface area (Å²) in [5.41, 5.74) is 4.40. The average molecular weight is 283 g/mol. The van der Waals surface area contributed by atoms with Crippen molar-refractivity contribution >= 4 is 5.91 Å². The minimum Gasteiger partial charge on any atom is -0.293 e. The predicted octanol–water partition coefficient (Wildman–Crippen LogP) is 2.24. The molecule has 0 aliphatic rings. The topological polar surface area (TPSA) is 58.4 Å². The number of hydrogen-bond donors (Lipinski definition) is 2. The van der Waals surface area contributed by atoms with Gasteiger partial charge in [-0.25, -0.2) is 5.84 Å². The summed E-state index contributed by atoms with van der Waals surface area (Å²) in [4.78, 5) is 14.3. The van der Waals surface area contributed by atoms with E-state index in [1.807, 2.05) is 55.5 Å². The monoisotopic (exact) mass is 283 g/mol. The van der Waals surface area contributed by atoms with Gasteiger partial charge >= 0.3 is 0 Å². The first-order valence-corrected chi connectivity index (χ1v) is 7.09. The van der Waals surface area contributed by atoms with Crippen molar-refractivity contribution in [3.05, 3.63) is 71.8 Å². The van der Waals surface area contributed by atoms with E-state index in [1.54, 1.807) is 0 Å². The van der Waals surface area contributed by atoms with Crippen LogP contribution in [0.25, 0.3) is 0 Å². The zero-order valence-corrected chi connectivity index (χ0v) is 12.2. The number of nitrogens with one attached hydrogen (secondary N) is 1. The minimum absolute atomic E-state index is 0.195. The Kier molecular flexibility index (Phi) is 5.49. The molecule has 4 heteroatoms. The van der Waals surface area contributed by atoms with Gasteiger partial charge < -0.3 is 0 Å². The van der Waals surface area contributed by atoms with Crippen LogP contribution in [0.2, 0.25) is 0 Å². The second-order valence-corrected chi connectivity index (χ2v) is 4.87. The summed E-state index contributed by atoms with van der Waals surface area (Å²) >= 11 is 0. The number of nitrogens with zero attached hydrogens (tertiary/aromatic N) is 1. The SMILES string of the molecule is CCN(Cc1ccccc1)C(C(=O)NN)c1ccccc1. The average Bonchev–Trinajstić information content (AvgIpc) is 2.56. The highest BCUT2D eigenvalue weighted by atomic mass is 16.2. The quantitative estimate of drug-likeness (QED) is 0.485. The van der Waals surface area contributed by atoms with Crippen LogP contribution in [-0.2, 0) is 11.3 Å². The molecule has 110 valence electrons. The fourth-order valence-electron chi connectivity index (χ4n) is 2.45. The predicted molar refractivity (Wildman–Crippen MR) is 84.0 cm³/mol. The van der Waals surface area contributed by atoms with Crippen LogP contribution in [0.5, 0.6) is 0 Å². The van der Waals surface area contributed by atoms with Crippen molar-refractivity contribution in [1.82, 2.24) is 10.3 Å². The molecule has 0 spiro atoms. The molecule has 1 amide bonds. The maximum atomic E-state index is 12.2. The maximum Gasteiger partial charge on any atom is 0.255 e. The Morgan fingerprint density at radius 3 is 2.19 bits per heavy atom. The van der Waals surface area contributed by atoms with Gasteiger partial charge in [0.1, 0.15) is 6.04 Å². The fourth-order valence-corrected chi connectivity index (χ4v) is 2.45. The molecule has 2 aromatic rings. The van der Waals surface area contributed by atoms with Crippen LogP contribution in [-0.4, -0.2) is 17.4 Å². The zero-order valence-electron chi connectivity index (χ0n) is 12.2. The summed E-state index contributed by atoms with van der Waals surface area (Å²) in [6.45, 7) is 3.49. The van der Waals surface area contributed by atoms with Gasteiger partial charge in [0, 0.05) is 6.54 Å². The molecule has 0 fully saturated rings. The van der Waals surface area contributed by atoms with Gasteiger partial charge in [-0.05, 0) is 17.7 Å². The lowest BCUT2D eigenvalue weighted by Crippen LogP contribution is -2.43. The van der Waals surface area contributed by atoms with E-state index < -0.39 is 0 Å². The zero-order chi connectivity index (χ0) is 15.1. The van der Waals surface area contributed by atoms with Gasteiger partial charge in [0.15, 0.2) is 0 Å². The Labute approximate surface area is 125 Å². The van der Waals surface area contributed by atoms with Crippen LogP contribution in [0.3, 0.4) is 0 Å². The number of nitrogens with two attached hydrogens (primary N) is 1. The molecule has 0 heterocycles. The fraction of sp³-hybridized carbons (Fsp3) is 0.235. The number of likely N-dealkylation sites (N-methyl/N-ethyl adjacent to an activating group) is 1. The smallest absolute Gasteiger partial charge is 0.255 e. The molecule has 2 aromatic carbocycles. The molecule has 4 nitrogen and oxygen atoms in total. The molecule has 2 rings (SSSR count). The molecule has 3 N–H and O–H groups in total. The molecule has 21 heavy (non-hydrogen) atoms. The van der Waals surface area contributed by atoms with Crippen molar-refractivity contribution in [3.8, 4) is 0 Å². The van der Waals surface area contributed by atoms with Crippen molar-refractivity contribution in [3.63, 3.8) is 0 Å². The number of hydrazine groups is 1. The van der Waals surface area contributed by atoms with Gasteiger partial charge in [-0.15, -0.1) is 0 Å². The van der Waals surface area contributed by atoms with Crippen molar-refractivity contribution in [2.24, 2.45) is 5.84 Å². The Morgan fingerprint density at radius 2 is 1.67 bits per heavy atom. The lowest BCUT2D eigenvalue weighted by molar-refractivity contribution is -0.127. The van der Waals surface area contributed by atoms with E-state index in [0.717, 1.165) is 12.1 Å². The van der Waals surface area contributed by atoms with Gasteiger partial charge in [0.25, 0.3) is 5.91 Å². The summed E-state index contributed by atoms with van der Waals surface area (Å²) in [5, 5.41) is 0. The van der Waals surface area contributed by atoms with Gasteiger partial charge in [-0.1, -0.05) is 67.6 Å². The number of carbonyl (C=O) groups is 1. The molecule has 0 radical (unpaired) electrons. The van der Waals surface area contributed by atoms with Gasteiger partial charge in [0.05, 0.1) is 0 Å². The standard InChI is InChI=1S/C17H21N3O/c1-2-20(13-14-9-5-3-6-10-14)16(17(21)19-18)15-11-7-4-8-12-15/h3-12,16H,2,13,18H2,1H3,(H,19,21). The third-order valence-corrected chi connectivity index (χ3v) is 3.51. The van der Waals surface area contributed by atoms with Crippen molar-refractivity contribution in [2.75, 3.05) is 6.54 Å². The van der Waals surface area contributed by atoms with E-state index in [9.17, 15) is 4.79 Å². The molecule has 0 aromatic heterocycles. The third kappa shape index (κ3) is 3.90. The highest BCUT2D eigenvalue weighted by Gasteiger charge is 2.26. The number of hydrogen-bond acceptors (Lipinski definition) is 3. The van der Waals surface area contributed by atoms with Crippen molar-refractivity contribution < 1.29 is 4.79 Å². The Hall–Kier alpha value is -2.17. The molecular formula is C17H21N3O. The maximum absolute atomic E-state index is 12.2. The highest BCUT2D eigenvalue weighted by Crippen LogP contribution is 2.22. The van der Waals surface area contributed by atoms with Crippen LogP contribution in [0, 0.1) is 0 Å². The number of carbonyl (C=O) groups excluding carboxylic acids is 1. The molecule has 0 saturated heterocycles. The van der Waals surface area contributed by atoms with E-state index in [-0.39, 0.29) is 11.9 Å². The lowest BCUT2D eigenvalue weighted by atomic mass is 10.0. The lowest BCUT2D eigenvalue weighted by Gasteiger charge is -2.29. The van der Waals surface area contributed by atoms with E-state index in [4.69, 9.17) is 5.84 Å². The van der Waals surface area contributed by atoms with E-state index in [0.29, 0.717) is 6.54 Å². The van der Waals surface area contributed by atoms with Crippen LogP contribution in [0.1, 0.15) is 24.1 Å². The molecular weight excluding hydrogens is 262 g/mol. The molecule has 0 bridgehead atoms. The molecule has 0 aliphatic heterocycles. The van der Waals surface area contributed by atoms with E-state index >= 15 is 0 Å². The molecule has 0 saturated carbocycles. The third-order valence-electron chi connectivity index (χ3n) is 3.51. The van der Waals surface area contributed by atoms with Crippen LogP contribution < -0.4 is 11.3 Å². The Morgan fingerprint density at radius 1 is 1.10 bits per heavy atom. The summed E-state index contributed by atoms with van der Waals surface area (Å²) in [5.74, 6) is 5.17. The molecule has 1 unspecified atom stereocenters. The van der Waals surface area contributed by atoms with Crippen LogP contribution >= 0.6 is 0 Å². The van der Waals surface area contributed by atoms with Crippen molar-refractivity contribution in [1.29, 1.82) is 0 Å². The van der Waals surface area contributed by atoms with Gasteiger partial charge in [0.2, 0.25) is 0 Å². The molecule has 1 atom stereocenters. The Bertz CT molecular complexity index is 557. The summed E-state index contributed by atoms with van der Waals surface area (Å²) in [6.07, 6.45) is 0. The van der Waals surface area contributed by atoms with Crippen molar-refractivity contribution in [2.45, 2.75) is 19.5 Å². The summed E-state index contributed by atoms with van der Waals surface area (Å²) < 4.78 is 0. The normalized spacial score (nSPS) is 12.1. The van der Waals surface area contributed by atoms with Crippen LogP contribution in [0.15, 0.2) is 60.7 Å². The Balaban J connectivity index is 2.27. The number of benzene rings is 2. The highest BCUT2D eigenvalue weighted by molar-refractivity contribution is 5.82. The first kappa shape index (κ1) is 15.2. The minimum atomic E-state index is -0.388. The van der Waals surface area contributed by atoms with Crippen LogP contribution in [0.4, 0.5) is 0 Å². The molecule has 0 aliphatic carbocycles. The largest absolute Gasteiger partial charge is 0.293 e. The van der Waals surface area contributed by atoms with E-state index in [1.165, 1.54) is 5.56 Å². The second-order valence-electron chi connectivity index (χ2n) is 4.87. The number of amides is 1. The summed E-state index contributed by atoms with van der Waals surface area (Å²) in [7, 11) is 0. The van der Waals surface area contributed by atoms with Gasteiger partial charge in [-0.2, -0.15) is 0 Å².